The molecule has 1 atom stereocenters. The van der Waals surface area contributed by atoms with Crippen molar-refractivity contribution < 1.29 is 26.9 Å². The number of amides is 1. The number of benzene rings is 1. The van der Waals surface area contributed by atoms with Gasteiger partial charge in [-0.05, 0) is 52.3 Å². The third kappa shape index (κ3) is 6.25. The summed E-state index contributed by atoms with van der Waals surface area (Å²) in [4.78, 5) is 14.2. The molecule has 1 aromatic carbocycles. The molecule has 0 saturated carbocycles. The smallest absolute Gasteiger partial charge is 0.413 e. The van der Waals surface area contributed by atoms with Crippen LogP contribution in [0.4, 0.5) is 4.79 Å². The van der Waals surface area contributed by atoms with E-state index in [0.717, 1.165) is 11.8 Å². The van der Waals surface area contributed by atoms with Crippen molar-refractivity contribution in [2.24, 2.45) is 0 Å². The van der Waals surface area contributed by atoms with Gasteiger partial charge in [-0.15, -0.1) is 0 Å². The van der Waals surface area contributed by atoms with E-state index in [1.54, 1.807) is 29.2 Å². The molecule has 0 N–H and O–H groups in total. The molecule has 1 saturated heterocycles. The number of carbonyl (C=O) groups excluding carboxylic acids is 1. The van der Waals surface area contributed by atoms with E-state index in [0.29, 0.717) is 6.61 Å². The first-order chi connectivity index (χ1) is 12.3. The van der Waals surface area contributed by atoms with Gasteiger partial charge in [0.25, 0.3) is 0 Å². The van der Waals surface area contributed by atoms with Gasteiger partial charge in [0, 0.05) is 0 Å². The lowest BCUT2D eigenvalue weighted by Crippen LogP contribution is -2.49. The quantitative estimate of drug-likeness (QED) is 0.724. The number of carbonyl (C=O) groups is 1. The first-order valence-electron chi connectivity index (χ1n) is 8.61. The molecule has 8 heteroatoms. The molecule has 7 nitrogen and oxygen atoms in total. The molecule has 0 aromatic heterocycles. The molecule has 1 fully saturated rings. The Kier molecular flexibility index (Phi) is 5.91. The van der Waals surface area contributed by atoms with Gasteiger partial charge < -0.3 is 13.7 Å². The van der Waals surface area contributed by atoms with E-state index >= 15 is 0 Å². The molecule has 0 bridgehead atoms. The van der Waals surface area contributed by atoms with Crippen molar-refractivity contribution in [1.29, 1.82) is 0 Å². The lowest BCUT2D eigenvalue weighted by molar-refractivity contribution is -0.0610. The molecule has 1 aromatic rings. The van der Waals surface area contributed by atoms with E-state index < -0.39 is 27.5 Å². The van der Waals surface area contributed by atoms with Gasteiger partial charge in [0.15, 0.2) is 0 Å². The van der Waals surface area contributed by atoms with Gasteiger partial charge in [0.1, 0.15) is 17.1 Å². The van der Waals surface area contributed by atoms with E-state index in [1.165, 1.54) is 0 Å². The molecule has 0 radical (unpaired) electrons. The lowest BCUT2D eigenvalue weighted by Gasteiger charge is -2.34. The zero-order chi connectivity index (χ0) is 20.5. The summed E-state index contributed by atoms with van der Waals surface area (Å²) in [5, 5.41) is 0. The van der Waals surface area contributed by atoms with Gasteiger partial charge in [0.2, 0.25) is 0 Å². The lowest BCUT2D eigenvalue weighted by atomic mass is 10.1. The third-order valence-corrected chi connectivity index (χ3v) is 4.24. The van der Waals surface area contributed by atoms with Crippen LogP contribution in [-0.2, 0) is 19.6 Å². The van der Waals surface area contributed by atoms with Crippen LogP contribution in [0.2, 0.25) is 0 Å². The second kappa shape index (κ2) is 7.52. The van der Waals surface area contributed by atoms with Crippen LogP contribution in [0.15, 0.2) is 30.3 Å². The van der Waals surface area contributed by atoms with Crippen LogP contribution in [0.25, 0.3) is 6.08 Å². The molecule has 1 aliphatic heterocycles. The van der Waals surface area contributed by atoms with Crippen molar-refractivity contribution in [3.63, 3.8) is 0 Å². The van der Waals surface area contributed by atoms with E-state index in [2.05, 4.69) is 0 Å². The Labute approximate surface area is 161 Å². The molecule has 2 rings (SSSR count). The predicted molar refractivity (Wildman–Crippen MR) is 103 cm³/mol. The van der Waals surface area contributed by atoms with E-state index in [9.17, 15) is 13.2 Å². The van der Waals surface area contributed by atoms with E-state index in [1.807, 2.05) is 46.8 Å². The van der Waals surface area contributed by atoms with Gasteiger partial charge >= 0.3 is 16.2 Å². The van der Waals surface area contributed by atoms with Crippen LogP contribution in [0.3, 0.4) is 0 Å². The van der Waals surface area contributed by atoms with Gasteiger partial charge in [-0.25, -0.2) is 4.79 Å². The van der Waals surface area contributed by atoms with Gasteiger partial charge in [0.05, 0.1) is 18.9 Å². The average molecular weight is 397 g/mol. The zero-order valence-corrected chi connectivity index (χ0v) is 17.4. The van der Waals surface area contributed by atoms with Crippen molar-refractivity contribution in [2.45, 2.75) is 52.0 Å². The van der Waals surface area contributed by atoms with Crippen molar-refractivity contribution in [1.82, 2.24) is 4.90 Å². The summed E-state index contributed by atoms with van der Waals surface area (Å²) in [7, 11) is -3.55. The maximum absolute atomic E-state index is 12.6. The Morgan fingerprint density at radius 3 is 2.37 bits per heavy atom. The first-order valence-corrected chi connectivity index (χ1v) is 10.4. The number of hydrogen-bond acceptors (Lipinski definition) is 6. The topological polar surface area (TPSA) is 82.1 Å². The summed E-state index contributed by atoms with van der Waals surface area (Å²) in [5.41, 5.74) is -0.533. The fourth-order valence-electron chi connectivity index (χ4n) is 2.67. The Morgan fingerprint density at radius 1 is 1.26 bits per heavy atom. The minimum Gasteiger partial charge on any atom is -0.444 e. The largest absolute Gasteiger partial charge is 0.444 e. The summed E-state index contributed by atoms with van der Waals surface area (Å²) in [5.74, 6) is 0.246. The second-order valence-corrected chi connectivity index (χ2v) is 9.47. The van der Waals surface area contributed by atoms with Crippen LogP contribution in [0.5, 0.6) is 5.75 Å². The van der Waals surface area contributed by atoms with Crippen molar-refractivity contribution in [3.8, 4) is 5.75 Å². The molecule has 150 valence electrons. The molecule has 1 amide bonds. The maximum Gasteiger partial charge on any atom is 0.413 e. The van der Waals surface area contributed by atoms with E-state index in [-0.39, 0.29) is 11.8 Å². The third-order valence-electron chi connectivity index (χ3n) is 3.75. The van der Waals surface area contributed by atoms with E-state index in [4.69, 9.17) is 13.7 Å². The summed E-state index contributed by atoms with van der Waals surface area (Å²) in [6.07, 6.45) is 4.27. The zero-order valence-electron chi connectivity index (χ0n) is 16.6. The van der Waals surface area contributed by atoms with Crippen LogP contribution in [0, 0.1) is 0 Å². The number of nitrogens with zero attached hydrogens (tertiary/aromatic N) is 1. The standard InChI is InChI=1S/C19H27NO6S/c1-18(2,3)25-17(21)20-15(13-24-19(20,4)5)10-7-14-8-11-16(12-9-14)26-27(6,22)23/h7-12,15H,13H2,1-6H3/t15-/m0/s1. The van der Waals surface area contributed by atoms with Crippen LogP contribution >= 0.6 is 0 Å². The minimum absolute atomic E-state index is 0.246. The molecule has 27 heavy (non-hydrogen) atoms. The molecule has 1 aliphatic rings. The van der Waals surface area contributed by atoms with Gasteiger partial charge in [-0.3, -0.25) is 4.90 Å². The minimum atomic E-state index is -3.55. The van der Waals surface area contributed by atoms with Gasteiger partial charge in [-0.2, -0.15) is 8.42 Å². The van der Waals surface area contributed by atoms with Crippen LogP contribution in [0.1, 0.15) is 40.2 Å². The Bertz CT molecular complexity index is 806. The summed E-state index contributed by atoms with van der Waals surface area (Å²) in [6.45, 7) is 9.46. The molecule has 0 aliphatic carbocycles. The monoisotopic (exact) mass is 397 g/mol. The second-order valence-electron chi connectivity index (χ2n) is 7.89. The molecular formula is C19H27NO6S. The Balaban J connectivity index is 2.13. The highest BCUT2D eigenvalue weighted by Gasteiger charge is 2.44. The summed E-state index contributed by atoms with van der Waals surface area (Å²) in [6, 6.07) is 6.33. The Hall–Kier alpha value is -2.06. The maximum atomic E-state index is 12.6. The van der Waals surface area contributed by atoms with Gasteiger partial charge in [-0.1, -0.05) is 24.3 Å². The highest BCUT2D eigenvalue weighted by atomic mass is 32.2. The van der Waals surface area contributed by atoms with Crippen molar-refractivity contribution in [3.05, 3.63) is 35.9 Å². The van der Waals surface area contributed by atoms with Crippen LogP contribution in [-0.4, -0.2) is 49.6 Å². The highest BCUT2D eigenvalue weighted by molar-refractivity contribution is 7.86. The molecule has 0 unspecified atom stereocenters. The average Bonchev–Trinajstić information content (AvgIpc) is 2.78. The summed E-state index contributed by atoms with van der Waals surface area (Å²) < 4.78 is 38.4. The molecule has 1 heterocycles. The first kappa shape index (κ1) is 21.2. The SMILES string of the molecule is CC(C)(C)OC(=O)N1[C@@H](C=Cc2ccc(OS(C)(=O)=O)cc2)COC1(C)C. The number of ether oxygens (including phenoxy) is 2. The highest BCUT2D eigenvalue weighted by Crippen LogP contribution is 2.30. The Morgan fingerprint density at radius 2 is 1.85 bits per heavy atom. The van der Waals surface area contributed by atoms with Crippen LogP contribution < -0.4 is 4.18 Å². The van der Waals surface area contributed by atoms with Crippen molar-refractivity contribution in [2.75, 3.05) is 12.9 Å². The molecule has 0 spiro atoms. The number of rotatable bonds is 4. The summed E-state index contributed by atoms with van der Waals surface area (Å²) >= 11 is 0. The predicted octanol–water partition coefficient (Wildman–Crippen LogP) is 3.41. The van der Waals surface area contributed by atoms with Crippen molar-refractivity contribution >= 4 is 22.3 Å². The molecular weight excluding hydrogens is 370 g/mol. The normalized spacial score (nSPS) is 20.1. The number of hydrogen-bond donors (Lipinski definition) is 0. The fourth-order valence-corrected chi connectivity index (χ4v) is 3.13. The fraction of sp³-hybridized carbons (Fsp3) is 0.526.